The summed E-state index contributed by atoms with van der Waals surface area (Å²) in [5.74, 6) is 0.671. The summed E-state index contributed by atoms with van der Waals surface area (Å²) in [4.78, 5) is 0. The molecule has 0 saturated carbocycles. The quantitative estimate of drug-likeness (QED) is 0.698. The minimum atomic E-state index is 0.0372. The number of nitrogens with one attached hydrogen (secondary N) is 2. The zero-order valence-electron chi connectivity index (χ0n) is 12.8. The molecule has 1 rings (SSSR count). The summed E-state index contributed by atoms with van der Waals surface area (Å²) >= 11 is 0. The highest BCUT2D eigenvalue weighted by Crippen LogP contribution is 2.28. The molecule has 1 aliphatic rings. The summed E-state index contributed by atoms with van der Waals surface area (Å²) in [5.41, 5.74) is 0.341. The van der Waals surface area contributed by atoms with Crippen molar-refractivity contribution in [3.63, 3.8) is 0 Å². The predicted octanol–water partition coefficient (Wildman–Crippen LogP) is 2.93. The first-order chi connectivity index (χ1) is 8.56. The molecule has 106 valence electrons. The lowest BCUT2D eigenvalue weighted by atomic mass is 9.78. The van der Waals surface area contributed by atoms with Gasteiger partial charge in [-0.2, -0.15) is 5.26 Å². The van der Waals surface area contributed by atoms with E-state index in [1.807, 2.05) is 13.8 Å². The van der Waals surface area contributed by atoms with E-state index in [9.17, 15) is 0 Å². The van der Waals surface area contributed by atoms with Crippen LogP contribution in [-0.4, -0.2) is 25.7 Å². The molecular formula is C15H31N3. The molecule has 2 N–H and O–H groups in total. The van der Waals surface area contributed by atoms with E-state index in [0.29, 0.717) is 11.3 Å². The maximum absolute atomic E-state index is 8.98. The van der Waals surface area contributed by atoms with Gasteiger partial charge in [0.05, 0.1) is 12.1 Å². The molecule has 2 unspecified atom stereocenters. The van der Waals surface area contributed by atoms with E-state index in [0.717, 1.165) is 38.9 Å². The Hall–Kier alpha value is -0.590. The SMILES string of the molecule is CC.CC1CCNC(C#N)CCCNCC1(C)C. The molecule has 1 saturated heterocycles. The van der Waals surface area contributed by atoms with Crippen molar-refractivity contribution in [2.45, 2.75) is 59.9 Å². The maximum Gasteiger partial charge on any atom is 0.0953 e. The topological polar surface area (TPSA) is 47.9 Å². The Morgan fingerprint density at radius 1 is 1.17 bits per heavy atom. The van der Waals surface area contributed by atoms with Crippen LogP contribution in [0.1, 0.15) is 53.9 Å². The van der Waals surface area contributed by atoms with Gasteiger partial charge in [-0.25, -0.2) is 0 Å². The molecule has 3 nitrogen and oxygen atoms in total. The van der Waals surface area contributed by atoms with Crippen molar-refractivity contribution >= 4 is 0 Å². The van der Waals surface area contributed by atoms with Gasteiger partial charge in [-0.1, -0.05) is 34.6 Å². The fourth-order valence-electron chi connectivity index (χ4n) is 2.09. The molecule has 0 aromatic carbocycles. The van der Waals surface area contributed by atoms with Gasteiger partial charge in [0.2, 0.25) is 0 Å². The van der Waals surface area contributed by atoms with Crippen LogP contribution in [0.15, 0.2) is 0 Å². The van der Waals surface area contributed by atoms with Crippen LogP contribution < -0.4 is 10.6 Å². The first-order valence-corrected chi connectivity index (χ1v) is 7.40. The Balaban J connectivity index is 0.00000137. The number of nitrogens with zero attached hydrogens (tertiary/aromatic N) is 1. The summed E-state index contributed by atoms with van der Waals surface area (Å²) in [6.45, 7) is 14.0. The number of hydrogen-bond acceptors (Lipinski definition) is 3. The summed E-state index contributed by atoms with van der Waals surface area (Å²) in [5, 5.41) is 15.8. The molecule has 0 spiro atoms. The van der Waals surface area contributed by atoms with Crippen LogP contribution in [0.3, 0.4) is 0 Å². The highest BCUT2D eigenvalue weighted by Gasteiger charge is 2.25. The highest BCUT2D eigenvalue weighted by molar-refractivity contribution is 4.90. The Labute approximate surface area is 113 Å². The molecule has 0 aromatic rings. The third-order valence-corrected chi connectivity index (χ3v) is 3.88. The lowest BCUT2D eigenvalue weighted by molar-refractivity contribution is 0.210. The Kier molecular flexibility index (Phi) is 9.05. The van der Waals surface area contributed by atoms with Crippen molar-refractivity contribution in [1.29, 1.82) is 5.26 Å². The first kappa shape index (κ1) is 17.4. The second-order valence-corrected chi connectivity index (χ2v) is 5.63. The van der Waals surface area contributed by atoms with E-state index in [4.69, 9.17) is 5.26 Å². The zero-order chi connectivity index (χ0) is 14.0. The standard InChI is InChI=1S/C13H25N3.C2H6/c1-11-6-8-16-12(9-14)5-4-7-15-10-13(11,2)3;1-2/h11-12,15-16H,4-8,10H2,1-3H3;1-2H3. The average Bonchev–Trinajstić information content (AvgIpc) is 2.39. The summed E-state index contributed by atoms with van der Waals surface area (Å²) in [6.07, 6.45) is 3.18. The molecule has 2 atom stereocenters. The van der Waals surface area contributed by atoms with Crippen molar-refractivity contribution in [3.8, 4) is 6.07 Å². The molecule has 1 heterocycles. The van der Waals surface area contributed by atoms with Gasteiger partial charge in [-0.15, -0.1) is 0 Å². The average molecular weight is 253 g/mol. The van der Waals surface area contributed by atoms with Crippen LogP contribution in [0, 0.1) is 22.7 Å². The Morgan fingerprint density at radius 3 is 2.44 bits per heavy atom. The predicted molar refractivity (Wildman–Crippen MR) is 78.4 cm³/mol. The number of nitriles is 1. The largest absolute Gasteiger partial charge is 0.316 e. The number of rotatable bonds is 0. The van der Waals surface area contributed by atoms with Crippen molar-refractivity contribution in [2.24, 2.45) is 11.3 Å². The molecule has 0 aromatic heterocycles. The second-order valence-electron chi connectivity index (χ2n) is 5.63. The smallest absolute Gasteiger partial charge is 0.0953 e. The van der Waals surface area contributed by atoms with E-state index < -0.39 is 0 Å². The fourth-order valence-corrected chi connectivity index (χ4v) is 2.09. The molecule has 0 amide bonds. The lowest BCUT2D eigenvalue weighted by Gasteiger charge is -2.32. The molecule has 1 aliphatic heterocycles. The molecule has 0 aliphatic carbocycles. The number of hydrogen-bond donors (Lipinski definition) is 2. The van der Waals surface area contributed by atoms with Gasteiger partial charge in [0.15, 0.2) is 0 Å². The molecule has 1 fully saturated rings. The third-order valence-electron chi connectivity index (χ3n) is 3.88. The van der Waals surface area contributed by atoms with E-state index in [2.05, 4.69) is 37.5 Å². The van der Waals surface area contributed by atoms with Gasteiger partial charge < -0.3 is 10.6 Å². The van der Waals surface area contributed by atoms with Crippen LogP contribution in [0.5, 0.6) is 0 Å². The fraction of sp³-hybridized carbons (Fsp3) is 0.933. The lowest BCUT2D eigenvalue weighted by Crippen LogP contribution is -2.35. The van der Waals surface area contributed by atoms with Crippen LogP contribution >= 0.6 is 0 Å². The van der Waals surface area contributed by atoms with E-state index >= 15 is 0 Å². The summed E-state index contributed by atoms with van der Waals surface area (Å²) in [7, 11) is 0. The van der Waals surface area contributed by atoms with Gasteiger partial charge in [-0.05, 0) is 43.7 Å². The van der Waals surface area contributed by atoms with Gasteiger partial charge >= 0.3 is 0 Å². The molecule has 18 heavy (non-hydrogen) atoms. The zero-order valence-corrected chi connectivity index (χ0v) is 12.8. The molecule has 0 bridgehead atoms. The molecule has 3 heteroatoms. The molecule has 0 radical (unpaired) electrons. The van der Waals surface area contributed by atoms with Crippen molar-refractivity contribution in [2.75, 3.05) is 19.6 Å². The van der Waals surface area contributed by atoms with Crippen LogP contribution in [0.2, 0.25) is 0 Å². The van der Waals surface area contributed by atoms with Gasteiger partial charge in [0.25, 0.3) is 0 Å². The minimum absolute atomic E-state index is 0.0372. The van der Waals surface area contributed by atoms with Gasteiger partial charge in [-0.3, -0.25) is 0 Å². The Morgan fingerprint density at radius 2 is 1.83 bits per heavy atom. The third kappa shape index (κ3) is 6.37. The maximum atomic E-state index is 8.98. The highest BCUT2D eigenvalue weighted by atomic mass is 14.9. The van der Waals surface area contributed by atoms with Crippen molar-refractivity contribution in [1.82, 2.24) is 10.6 Å². The van der Waals surface area contributed by atoms with Gasteiger partial charge in [0, 0.05) is 6.54 Å². The second kappa shape index (κ2) is 9.35. The summed E-state index contributed by atoms with van der Waals surface area (Å²) < 4.78 is 0. The Bertz CT molecular complexity index is 243. The first-order valence-electron chi connectivity index (χ1n) is 7.40. The van der Waals surface area contributed by atoms with Crippen LogP contribution in [0.4, 0.5) is 0 Å². The van der Waals surface area contributed by atoms with E-state index in [1.165, 1.54) is 0 Å². The monoisotopic (exact) mass is 253 g/mol. The van der Waals surface area contributed by atoms with Crippen molar-refractivity contribution in [3.05, 3.63) is 0 Å². The van der Waals surface area contributed by atoms with Crippen LogP contribution in [-0.2, 0) is 0 Å². The normalized spacial score (nSPS) is 29.1. The molecular weight excluding hydrogens is 222 g/mol. The van der Waals surface area contributed by atoms with Crippen molar-refractivity contribution < 1.29 is 0 Å². The van der Waals surface area contributed by atoms with E-state index in [1.54, 1.807) is 0 Å². The van der Waals surface area contributed by atoms with E-state index in [-0.39, 0.29) is 6.04 Å². The minimum Gasteiger partial charge on any atom is -0.316 e. The summed E-state index contributed by atoms with van der Waals surface area (Å²) in [6, 6.07) is 2.37. The van der Waals surface area contributed by atoms with Gasteiger partial charge in [0.1, 0.15) is 0 Å². The van der Waals surface area contributed by atoms with Crippen LogP contribution in [0.25, 0.3) is 0 Å².